The summed E-state index contributed by atoms with van der Waals surface area (Å²) in [5, 5.41) is 0. The van der Waals surface area contributed by atoms with E-state index in [1.807, 2.05) is 12.1 Å². The van der Waals surface area contributed by atoms with Gasteiger partial charge in [0.1, 0.15) is 0 Å². The number of fused-ring (bicyclic) bond motifs is 1. The highest BCUT2D eigenvalue weighted by molar-refractivity contribution is 9.09. The number of rotatable bonds is 2. The average Bonchev–Trinajstić information content (AvgIpc) is 2.92. The standard InChI is InChI=1S/C12H11BrN2O2/c1-17-11(16)8-4-7(12(13)2-3-12)5-9-10(8)15-6-14-9/h4-6H,2-3H2,1H3,(H,14,15). The lowest BCUT2D eigenvalue weighted by Crippen LogP contribution is -2.05. The zero-order chi connectivity index (χ0) is 12.0. The van der Waals surface area contributed by atoms with Crippen LogP contribution < -0.4 is 0 Å². The summed E-state index contributed by atoms with van der Waals surface area (Å²) in [4.78, 5) is 18.9. The Hall–Kier alpha value is -1.36. The second-order valence-electron chi connectivity index (χ2n) is 4.28. The third-order valence-electron chi connectivity index (χ3n) is 3.14. The van der Waals surface area contributed by atoms with Gasteiger partial charge in [-0.3, -0.25) is 0 Å². The Kier molecular flexibility index (Phi) is 2.26. The second-order valence-corrected chi connectivity index (χ2v) is 5.80. The monoisotopic (exact) mass is 294 g/mol. The molecule has 0 radical (unpaired) electrons. The van der Waals surface area contributed by atoms with Gasteiger partial charge in [-0.25, -0.2) is 9.78 Å². The number of alkyl halides is 1. The fourth-order valence-corrected chi connectivity index (χ4v) is 2.40. The lowest BCUT2D eigenvalue weighted by atomic mass is 10.0. The molecule has 0 unspecified atom stereocenters. The van der Waals surface area contributed by atoms with E-state index in [1.165, 1.54) is 7.11 Å². The first-order valence-electron chi connectivity index (χ1n) is 5.39. The minimum Gasteiger partial charge on any atom is -0.465 e. The van der Waals surface area contributed by atoms with Crippen molar-refractivity contribution in [2.75, 3.05) is 7.11 Å². The molecule has 5 heteroatoms. The number of halogens is 1. The molecular formula is C12H11BrN2O2. The Morgan fingerprint density at radius 1 is 1.53 bits per heavy atom. The first kappa shape index (κ1) is 10.8. The molecule has 1 fully saturated rings. The molecule has 0 saturated heterocycles. The molecule has 1 aromatic carbocycles. The molecule has 1 N–H and O–H groups in total. The first-order chi connectivity index (χ1) is 8.14. The number of imidazole rings is 1. The van der Waals surface area contributed by atoms with Crippen LogP contribution in [0.2, 0.25) is 0 Å². The predicted molar refractivity (Wildman–Crippen MR) is 67.3 cm³/mol. The molecule has 0 bridgehead atoms. The van der Waals surface area contributed by atoms with Gasteiger partial charge in [-0.1, -0.05) is 15.9 Å². The topological polar surface area (TPSA) is 55.0 Å². The summed E-state index contributed by atoms with van der Waals surface area (Å²) < 4.78 is 4.83. The van der Waals surface area contributed by atoms with Crippen molar-refractivity contribution in [3.63, 3.8) is 0 Å². The number of benzene rings is 1. The van der Waals surface area contributed by atoms with Gasteiger partial charge in [-0.05, 0) is 30.5 Å². The maximum absolute atomic E-state index is 11.7. The molecule has 1 aliphatic rings. The van der Waals surface area contributed by atoms with Crippen molar-refractivity contribution >= 4 is 32.9 Å². The highest BCUT2D eigenvalue weighted by Crippen LogP contribution is 2.54. The van der Waals surface area contributed by atoms with E-state index in [4.69, 9.17) is 4.74 Å². The van der Waals surface area contributed by atoms with Gasteiger partial charge in [0.15, 0.2) is 0 Å². The quantitative estimate of drug-likeness (QED) is 0.684. The molecule has 0 aliphatic heterocycles. The van der Waals surface area contributed by atoms with Crippen molar-refractivity contribution in [2.24, 2.45) is 0 Å². The van der Waals surface area contributed by atoms with Gasteiger partial charge < -0.3 is 9.72 Å². The van der Waals surface area contributed by atoms with E-state index in [0.717, 1.165) is 29.4 Å². The minimum absolute atomic E-state index is 0.0307. The maximum atomic E-state index is 11.7. The zero-order valence-electron chi connectivity index (χ0n) is 9.29. The molecule has 4 nitrogen and oxygen atoms in total. The molecule has 1 saturated carbocycles. The van der Waals surface area contributed by atoms with Crippen molar-refractivity contribution < 1.29 is 9.53 Å². The van der Waals surface area contributed by atoms with E-state index in [0.29, 0.717) is 5.56 Å². The number of nitrogens with zero attached hydrogens (tertiary/aromatic N) is 1. The fraction of sp³-hybridized carbons (Fsp3) is 0.333. The van der Waals surface area contributed by atoms with Gasteiger partial charge in [0.25, 0.3) is 0 Å². The van der Waals surface area contributed by atoms with E-state index in [9.17, 15) is 4.79 Å². The van der Waals surface area contributed by atoms with Crippen LogP contribution in [0.1, 0.15) is 28.8 Å². The molecule has 17 heavy (non-hydrogen) atoms. The summed E-state index contributed by atoms with van der Waals surface area (Å²) in [6.07, 6.45) is 3.77. The number of hydrogen-bond acceptors (Lipinski definition) is 3. The SMILES string of the molecule is COC(=O)c1cc(C2(Br)CC2)cc2nc[nH]c12. The minimum atomic E-state index is -0.335. The van der Waals surface area contributed by atoms with Crippen molar-refractivity contribution in [3.8, 4) is 0 Å². The van der Waals surface area contributed by atoms with Gasteiger partial charge in [0, 0.05) is 0 Å². The molecule has 0 atom stereocenters. The van der Waals surface area contributed by atoms with E-state index < -0.39 is 0 Å². The number of aromatic nitrogens is 2. The molecule has 3 rings (SSSR count). The Balaban J connectivity index is 2.23. The number of H-pyrrole nitrogens is 1. The Labute approximate surface area is 107 Å². The molecular weight excluding hydrogens is 284 g/mol. The second kappa shape index (κ2) is 3.57. The highest BCUT2D eigenvalue weighted by atomic mass is 79.9. The number of hydrogen-bond donors (Lipinski definition) is 1. The van der Waals surface area contributed by atoms with E-state index in [1.54, 1.807) is 6.33 Å². The summed E-state index contributed by atoms with van der Waals surface area (Å²) in [6.45, 7) is 0. The van der Waals surface area contributed by atoms with E-state index >= 15 is 0 Å². The van der Waals surface area contributed by atoms with E-state index in [2.05, 4.69) is 25.9 Å². The van der Waals surface area contributed by atoms with Crippen LogP contribution >= 0.6 is 15.9 Å². The van der Waals surface area contributed by atoms with Gasteiger partial charge in [0.05, 0.1) is 34.4 Å². The van der Waals surface area contributed by atoms with Crippen LogP contribution in [0.25, 0.3) is 11.0 Å². The number of carbonyl (C=O) groups is 1. The third-order valence-corrected chi connectivity index (χ3v) is 4.39. The largest absolute Gasteiger partial charge is 0.465 e. The van der Waals surface area contributed by atoms with Crippen molar-refractivity contribution in [2.45, 2.75) is 17.2 Å². The van der Waals surface area contributed by atoms with Gasteiger partial charge in [0.2, 0.25) is 0 Å². The normalized spacial score (nSPS) is 17.1. The van der Waals surface area contributed by atoms with Crippen molar-refractivity contribution in [1.82, 2.24) is 9.97 Å². The molecule has 1 heterocycles. The smallest absolute Gasteiger partial charge is 0.340 e. The third kappa shape index (κ3) is 1.65. The molecule has 0 amide bonds. The molecule has 2 aromatic rings. The fourth-order valence-electron chi connectivity index (χ4n) is 1.97. The number of methoxy groups -OCH3 is 1. The van der Waals surface area contributed by atoms with Crippen LogP contribution in [0.4, 0.5) is 0 Å². The number of aromatic amines is 1. The van der Waals surface area contributed by atoms with Crippen LogP contribution in [0.3, 0.4) is 0 Å². The molecule has 1 aromatic heterocycles. The van der Waals surface area contributed by atoms with Gasteiger partial charge >= 0.3 is 5.97 Å². The van der Waals surface area contributed by atoms with E-state index in [-0.39, 0.29) is 10.3 Å². The van der Waals surface area contributed by atoms with Crippen LogP contribution in [-0.2, 0) is 9.06 Å². The van der Waals surface area contributed by atoms with Crippen LogP contribution in [0.5, 0.6) is 0 Å². The summed E-state index contributed by atoms with van der Waals surface area (Å²) in [5.74, 6) is -0.335. The summed E-state index contributed by atoms with van der Waals surface area (Å²) >= 11 is 3.69. The zero-order valence-corrected chi connectivity index (χ0v) is 10.9. The molecule has 0 spiro atoms. The van der Waals surface area contributed by atoms with Crippen molar-refractivity contribution in [1.29, 1.82) is 0 Å². The highest BCUT2D eigenvalue weighted by Gasteiger charge is 2.42. The Bertz CT molecular complexity index is 602. The maximum Gasteiger partial charge on any atom is 0.340 e. The van der Waals surface area contributed by atoms with Crippen LogP contribution in [0.15, 0.2) is 18.5 Å². The van der Waals surface area contributed by atoms with Gasteiger partial charge in [-0.2, -0.15) is 0 Å². The first-order valence-corrected chi connectivity index (χ1v) is 6.18. The van der Waals surface area contributed by atoms with Crippen LogP contribution in [-0.4, -0.2) is 23.0 Å². The summed E-state index contributed by atoms with van der Waals surface area (Å²) in [7, 11) is 1.39. The summed E-state index contributed by atoms with van der Waals surface area (Å²) in [5.41, 5.74) is 3.17. The Morgan fingerprint density at radius 3 is 2.94 bits per heavy atom. The number of carbonyl (C=O) groups excluding carboxylic acids is 1. The predicted octanol–water partition coefficient (Wildman–Crippen LogP) is 2.73. The number of nitrogens with one attached hydrogen (secondary N) is 1. The van der Waals surface area contributed by atoms with Gasteiger partial charge in [-0.15, -0.1) is 0 Å². The van der Waals surface area contributed by atoms with Crippen LogP contribution in [0, 0.1) is 0 Å². The Morgan fingerprint density at radius 2 is 2.29 bits per heavy atom. The lowest BCUT2D eigenvalue weighted by Gasteiger charge is -2.09. The van der Waals surface area contributed by atoms with Crippen molar-refractivity contribution in [3.05, 3.63) is 29.6 Å². The molecule has 88 valence electrons. The number of esters is 1. The number of ether oxygens (including phenoxy) is 1. The lowest BCUT2D eigenvalue weighted by molar-refractivity contribution is 0.0602. The average molecular weight is 295 g/mol. The molecule has 1 aliphatic carbocycles. The summed E-state index contributed by atoms with van der Waals surface area (Å²) in [6, 6.07) is 3.90.